The lowest BCUT2D eigenvalue weighted by Crippen LogP contribution is -2.57. The molecule has 2 aromatic rings. The van der Waals surface area contributed by atoms with Crippen molar-refractivity contribution in [1.82, 2.24) is 36.4 Å². The molecule has 2 atom stereocenters. The van der Waals surface area contributed by atoms with Crippen LogP contribution >= 0.6 is 0 Å². The number of benzene rings is 2. The number of nitrogens with zero attached hydrogens (tertiary/aromatic N) is 2. The summed E-state index contributed by atoms with van der Waals surface area (Å²) >= 11 is 0. The predicted molar refractivity (Wildman–Crippen MR) is 178 cm³/mol. The third-order valence-electron chi connectivity index (χ3n) is 7.97. The van der Waals surface area contributed by atoms with Crippen molar-refractivity contribution in [3.8, 4) is 0 Å². The van der Waals surface area contributed by atoms with Gasteiger partial charge in [0.05, 0.1) is 0 Å². The van der Waals surface area contributed by atoms with Gasteiger partial charge in [0.1, 0.15) is 12.1 Å². The van der Waals surface area contributed by atoms with Crippen LogP contribution in [0.25, 0.3) is 0 Å². The van der Waals surface area contributed by atoms with Gasteiger partial charge in [0.2, 0.25) is 17.7 Å². The Morgan fingerprint density at radius 2 is 1.36 bits per heavy atom. The Morgan fingerprint density at radius 3 is 1.96 bits per heavy atom. The van der Waals surface area contributed by atoms with Gasteiger partial charge in [-0.3, -0.25) is 14.4 Å². The molecule has 0 aromatic heterocycles. The number of hydrogen-bond donors (Lipinski definition) is 5. The fraction of sp³-hybridized carbons (Fsp3) is 0.457. The zero-order chi connectivity index (χ0) is 31.9. The van der Waals surface area contributed by atoms with Crippen molar-refractivity contribution in [2.24, 2.45) is 5.92 Å². The minimum Gasteiger partial charge on any atom is -0.350 e. The second kappa shape index (κ2) is 18.1. The molecule has 2 aliphatic heterocycles. The van der Waals surface area contributed by atoms with Crippen LogP contribution in [0.4, 0.5) is 0 Å². The van der Waals surface area contributed by atoms with Gasteiger partial charge in [-0.05, 0) is 23.5 Å². The largest absolute Gasteiger partial charge is 0.350 e. The van der Waals surface area contributed by atoms with Crippen molar-refractivity contribution < 1.29 is 14.4 Å². The van der Waals surface area contributed by atoms with E-state index in [1.54, 1.807) is 0 Å². The molecule has 5 N–H and O–H groups in total. The highest BCUT2D eigenvalue weighted by molar-refractivity contribution is 5.98. The molecule has 242 valence electrons. The van der Waals surface area contributed by atoms with Crippen molar-refractivity contribution in [3.63, 3.8) is 0 Å². The standard InChI is InChI=1S/C35H49N7O3/c1-27(2)32(40-33(43)30-14-9-21-41(26-30)25-29-12-7-4-8-13-29)34(44)39-31(24-28-10-5-3-6-11-28)35(45)42-22-19-37-17-15-36-16-18-38-20-23-42/h3-13,21,26-27,31-32,36-38H,14-20,22-25H2,1-2H3,(H,39,44)(H,40,43)/t31-,32-/m0/s1. The third-order valence-corrected chi connectivity index (χ3v) is 7.97. The maximum Gasteiger partial charge on any atom is 0.249 e. The average Bonchev–Trinajstić information content (AvgIpc) is 3.04. The van der Waals surface area contributed by atoms with Gasteiger partial charge in [-0.1, -0.05) is 80.6 Å². The van der Waals surface area contributed by atoms with Gasteiger partial charge >= 0.3 is 0 Å². The van der Waals surface area contributed by atoms with Crippen LogP contribution in [-0.2, 0) is 27.3 Å². The van der Waals surface area contributed by atoms with Crippen LogP contribution in [0.2, 0.25) is 0 Å². The summed E-state index contributed by atoms with van der Waals surface area (Å²) in [7, 11) is 0. The van der Waals surface area contributed by atoms with Gasteiger partial charge in [0.15, 0.2) is 0 Å². The molecule has 1 fully saturated rings. The van der Waals surface area contributed by atoms with Crippen molar-refractivity contribution in [3.05, 3.63) is 95.8 Å². The molecule has 45 heavy (non-hydrogen) atoms. The van der Waals surface area contributed by atoms with E-state index in [9.17, 15) is 14.4 Å². The van der Waals surface area contributed by atoms with Crippen LogP contribution < -0.4 is 26.6 Å². The van der Waals surface area contributed by atoms with E-state index in [1.807, 2.05) is 103 Å². The van der Waals surface area contributed by atoms with E-state index in [1.165, 1.54) is 0 Å². The molecular formula is C35H49N7O3. The number of hydrogen-bond acceptors (Lipinski definition) is 7. The summed E-state index contributed by atoms with van der Waals surface area (Å²) in [6, 6.07) is 18.2. The van der Waals surface area contributed by atoms with E-state index in [-0.39, 0.29) is 23.6 Å². The maximum absolute atomic E-state index is 14.0. The molecule has 0 spiro atoms. The van der Waals surface area contributed by atoms with Crippen LogP contribution in [0.1, 0.15) is 31.4 Å². The highest BCUT2D eigenvalue weighted by atomic mass is 16.2. The van der Waals surface area contributed by atoms with Crippen molar-refractivity contribution in [2.45, 2.75) is 45.3 Å². The van der Waals surface area contributed by atoms with Gasteiger partial charge in [-0.2, -0.15) is 0 Å². The lowest BCUT2D eigenvalue weighted by Gasteiger charge is -2.31. The monoisotopic (exact) mass is 615 g/mol. The third kappa shape index (κ3) is 11.1. The summed E-state index contributed by atoms with van der Waals surface area (Å²) in [5.74, 6) is -0.967. The maximum atomic E-state index is 14.0. The second-order valence-electron chi connectivity index (χ2n) is 11.9. The van der Waals surface area contributed by atoms with Gasteiger partial charge in [0.25, 0.3) is 0 Å². The number of allylic oxidation sites excluding steroid dienone is 1. The van der Waals surface area contributed by atoms with E-state index in [2.05, 4.69) is 26.6 Å². The van der Waals surface area contributed by atoms with E-state index in [0.717, 1.165) is 37.3 Å². The van der Waals surface area contributed by atoms with Crippen LogP contribution in [0, 0.1) is 5.92 Å². The first-order chi connectivity index (χ1) is 21.9. The predicted octanol–water partition coefficient (Wildman–Crippen LogP) is 1.77. The first-order valence-corrected chi connectivity index (χ1v) is 16.1. The molecule has 10 nitrogen and oxygen atoms in total. The van der Waals surface area contributed by atoms with E-state index < -0.39 is 12.1 Å². The summed E-state index contributed by atoms with van der Waals surface area (Å²) in [6.07, 6.45) is 6.60. The van der Waals surface area contributed by atoms with Crippen LogP contribution in [0.15, 0.2) is 84.7 Å². The number of carbonyl (C=O) groups excluding carboxylic acids is 3. The number of amides is 3. The Balaban J connectivity index is 1.46. The molecule has 2 aromatic carbocycles. The Hall–Kier alpha value is -3.99. The quantitative estimate of drug-likeness (QED) is 0.277. The Morgan fingerprint density at radius 1 is 0.778 bits per heavy atom. The smallest absolute Gasteiger partial charge is 0.249 e. The fourth-order valence-electron chi connectivity index (χ4n) is 5.44. The summed E-state index contributed by atoms with van der Waals surface area (Å²) in [5, 5.41) is 16.2. The minimum atomic E-state index is -0.805. The first-order valence-electron chi connectivity index (χ1n) is 16.1. The van der Waals surface area contributed by atoms with Crippen molar-refractivity contribution in [2.75, 3.05) is 52.4 Å². The number of carbonyl (C=O) groups is 3. The lowest BCUT2D eigenvalue weighted by molar-refractivity contribution is -0.137. The van der Waals surface area contributed by atoms with Crippen LogP contribution in [0.3, 0.4) is 0 Å². The molecule has 0 unspecified atom stereocenters. The fourth-order valence-corrected chi connectivity index (χ4v) is 5.44. The van der Waals surface area contributed by atoms with Gasteiger partial charge in [-0.25, -0.2) is 0 Å². The summed E-state index contributed by atoms with van der Waals surface area (Å²) < 4.78 is 0. The SMILES string of the molecule is CC(C)[C@H](NC(=O)C1=CN(Cc2ccccc2)C=CC1)C(=O)N[C@@H](Cc1ccccc1)C(=O)N1CCNCCNCCNCC1. The van der Waals surface area contributed by atoms with Gasteiger partial charge in [-0.15, -0.1) is 0 Å². The molecule has 10 heteroatoms. The van der Waals surface area contributed by atoms with Crippen LogP contribution in [0.5, 0.6) is 0 Å². The summed E-state index contributed by atoms with van der Waals surface area (Å²) in [6.45, 7) is 10.2. The molecule has 0 saturated carbocycles. The minimum absolute atomic E-state index is 0.128. The molecule has 3 amide bonds. The Labute approximate surface area is 267 Å². The molecule has 4 rings (SSSR count). The number of nitrogens with one attached hydrogen (secondary N) is 5. The zero-order valence-corrected chi connectivity index (χ0v) is 26.6. The molecule has 0 radical (unpaired) electrons. The first kappa shape index (κ1) is 33.9. The molecule has 2 aliphatic rings. The zero-order valence-electron chi connectivity index (χ0n) is 26.6. The molecule has 0 bridgehead atoms. The average molecular weight is 616 g/mol. The highest BCUT2D eigenvalue weighted by Gasteiger charge is 2.31. The van der Waals surface area contributed by atoms with E-state index in [4.69, 9.17) is 0 Å². The van der Waals surface area contributed by atoms with E-state index >= 15 is 0 Å². The highest BCUT2D eigenvalue weighted by Crippen LogP contribution is 2.17. The molecule has 2 heterocycles. The topological polar surface area (TPSA) is 118 Å². The lowest BCUT2D eigenvalue weighted by atomic mass is 10.00. The van der Waals surface area contributed by atoms with Gasteiger partial charge < -0.3 is 36.4 Å². The Bertz CT molecular complexity index is 1270. The normalized spacial score (nSPS) is 17.8. The Kier molecular flexibility index (Phi) is 13.6. The molecule has 0 aliphatic carbocycles. The number of rotatable bonds is 10. The molecule has 1 saturated heterocycles. The summed E-state index contributed by atoms with van der Waals surface area (Å²) in [4.78, 5) is 45.1. The molecular weight excluding hydrogens is 566 g/mol. The van der Waals surface area contributed by atoms with Crippen molar-refractivity contribution >= 4 is 17.7 Å². The second-order valence-corrected chi connectivity index (χ2v) is 11.9. The van der Waals surface area contributed by atoms with Crippen LogP contribution in [-0.4, -0.2) is 92.0 Å². The van der Waals surface area contributed by atoms with Gasteiger partial charge in [0, 0.05) is 83.3 Å². The van der Waals surface area contributed by atoms with E-state index in [0.29, 0.717) is 51.1 Å². The van der Waals surface area contributed by atoms with Crippen molar-refractivity contribution in [1.29, 1.82) is 0 Å². The summed E-state index contributed by atoms with van der Waals surface area (Å²) in [5.41, 5.74) is 2.67.